The quantitative estimate of drug-likeness (QED) is 0.790. The molecule has 0 unspecified atom stereocenters. The fourth-order valence-corrected chi connectivity index (χ4v) is 3.03. The number of thiazole rings is 1. The summed E-state index contributed by atoms with van der Waals surface area (Å²) >= 11 is 1.84. The smallest absolute Gasteiger partial charge is 0.0938 e. The van der Waals surface area contributed by atoms with Gasteiger partial charge in [-0.1, -0.05) is 12.1 Å². The molecular weight excluding hydrogens is 228 g/mol. The van der Waals surface area contributed by atoms with Gasteiger partial charge in [0, 0.05) is 6.04 Å². The minimum absolute atomic E-state index is 0.845. The molecule has 0 spiro atoms. The second-order valence-electron chi connectivity index (χ2n) is 4.76. The number of hydrogen-bond acceptors (Lipinski definition) is 3. The number of para-hydroxylation sites is 1. The van der Waals surface area contributed by atoms with Crippen molar-refractivity contribution in [1.82, 2.24) is 10.3 Å². The van der Waals surface area contributed by atoms with Crippen molar-refractivity contribution in [2.45, 2.75) is 38.1 Å². The average Bonchev–Trinajstić information content (AvgIpc) is 3.07. The van der Waals surface area contributed by atoms with E-state index in [0.717, 1.165) is 18.0 Å². The van der Waals surface area contributed by atoms with Crippen LogP contribution in [-0.2, 0) is 6.42 Å². The Labute approximate surface area is 106 Å². The van der Waals surface area contributed by atoms with E-state index in [2.05, 4.69) is 34.6 Å². The maximum atomic E-state index is 4.66. The molecule has 1 aliphatic rings. The van der Waals surface area contributed by atoms with Crippen LogP contribution in [0.15, 0.2) is 24.3 Å². The van der Waals surface area contributed by atoms with Gasteiger partial charge < -0.3 is 5.32 Å². The first-order valence-corrected chi connectivity index (χ1v) is 7.31. The van der Waals surface area contributed by atoms with Gasteiger partial charge in [-0.05, 0) is 50.8 Å². The zero-order valence-corrected chi connectivity index (χ0v) is 10.8. The number of fused-ring (bicyclic) bond motifs is 1. The molecule has 0 saturated heterocycles. The van der Waals surface area contributed by atoms with Gasteiger partial charge in [0.1, 0.15) is 0 Å². The first-order valence-electron chi connectivity index (χ1n) is 6.50. The fourth-order valence-electron chi connectivity index (χ4n) is 2.02. The lowest BCUT2D eigenvalue weighted by Gasteiger charge is -2.00. The van der Waals surface area contributed by atoms with Gasteiger partial charge in [0.05, 0.1) is 15.2 Å². The molecule has 1 aromatic carbocycles. The Hall–Kier alpha value is -0.930. The van der Waals surface area contributed by atoms with E-state index >= 15 is 0 Å². The predicted octanol–water partition coefficient (Wildman–Crippen LogP) is 3.37. The minimum Gasteiger partial charge on any atom is -0.314 e. The van der Waals surface area contributed by atoms with E-state index < -0.39 is 0 Å². The van der Waals surface area contributed by atoms with Gasteiger partial charge in [-0.3, -0.25) is 0 Å². The molecule has 0 aliphatic heterocycles. The highest BCUT2D eigenvalue weighted by atomic mass is 32.1. The molecule has 0 radical (unpaired) electrons. The first-order chi connectivity index (χ1) is 8.42. The fraction of sp³-hybridized carbons (Fsp3) is 0.500. The zero-order valence-electron chi connectivity index (χ0n) is 9.98. The van der Waals surface area contributed by atoms with Gasteiger partial charge in [0.25, 0.3) is 0 Å². The molecule has 1 heterocycles. The number of nitrogens with zero attached hydrogens (tertiary/aromatic N) is 1. The molecule has 0 bridgehead atoms. The van der Waals surface area contributed by atoms with Gasteiger partial charge in [0.15, 0.2) is 0 Å². The Morgan fingerprint density at radius 3 is 2.94 bits per heavy atom. The zero-order chi connectivity index (χ0) is 11.5. The van der Waals surface area contributed by atoms with Crippen LogP contribution >= 0.6 is 11.3 Å². The van der Waals surface area contributed by atoms with Crippen LogP contribution in [0.4, 0.5) is 0 Å². The molecule has 1 aromatic heterocycles. The monoisotopic (exact) mass is 246 g/mol. The lowest BCUT2D eigenvalue weighted by molar-refractivity contribution is 0.619. The molecular formula is C14H18N2S. The summed E-state index contributed by atoms with van der Waals surface area (Å²) in [5.74, 6) is 0. The van der Waals surface area contributed by atoms with Crippen molar-refractivity contribution in [3.63, 3.8) is 0 Å². The number of rotatable bonds is 6. The molecule has 17 heavy (non-hydrogen) atoms. The van der Waals surface area contributed by atoms with Crippen molar-refractivity contribution in [2.24, 2.45) is 0 Å². The van der Waals surface area contributed by atoms with Crippen LogP contribution in [0.25, 0.3) is 10.2 Å². The highest BCUT2D eigenvalue weighted by Crippen LogP contribution is 2.23. The summed E-state index contributed by atoms with van der Waals surface area (Å²) in [7, 11) is 0. The third-order valence-electron chi connectivity index (χ3n) is 3.17. The number of aryl methyl sites for hydroxylation is 1. The van der Waals surface area contributed by atoms with Gasteiger partial charge >= 0.3 is 0 Å². The van der Waals surface area contributed by atoms with Gasteiger partial charge in [-0.2, -0.15) is 0 Å². The van der Waals surface area contributed by atoms with Crippen LogP contribution in [0.3, 0.4) is 0 Å². The van der Waals surface area contributed by atoms with Crippen LogP contribution < -0.4 is 5.32 Å². The highest BCUT2D eigenvalue weighted by Gasteiger charge is 2.19. The summed E-state index contributed by atoms with van der Waals surface area (Å²) in [6, 6.07) is 9.25. The number of aromatic nitrogens is 1. The molecule has 2 nitrogen and oxygen atoms in total. The van der Waals surface area contributed by atoms with Crippen LogP contribution in [-0.4, -0.2) is 17.6 Å². The summed E-state index contributed by atoms with van der Waals surface area (Å²) < 4.78 is 1.32. The first kappa shape index (κ1) is 11.2. The number of unbranched alkanes of at least 4 members (excludes halogenated alkanes) is 1. The van der Waals surface area contributed by atoms with E-state index in [1.165, 1.54) is 41.9 Å². The standard InChI is InChI=1S/C14H18N2S/c1-2-6-13-12(5-1)16-14(17-13)7-3-4-10-15-11-8-9-11/h1-2,5-6,11,15H,3-4,7-10H2. The molecule has 1 saturated carbocycles. The number of nitrogens with one attached hydrogen (secondary N) is 1. The normalized spacial score (nSPS) is 15.5. The Kier molecular flexibility index (Phi) is 3.39. The van der Waals surface area contributed by atoms with E-state index in [4.69, 9.17) is 0 Å². The molecule has 1 N–H and O–H groups in total. The molecule has 0 amide bonds. The number of benzene rings is 1. The summed E-state index contributed by atoms with van der Waals surface area (Å²) in [6.45, 7) is 1.18. The Morgan fingerprint density at radius 1 is 1.24 bits per heavy atom. The van der Waals surface area contributed by atoms with Crippen LogP contribution in [0.5, 0.6) is 0 Å². The lowest BCUT2D eigenvalue weighted by atomic mass is 10.2. The third-order valence-corrected chi connectivity index (χ3v) is 4.26. The topological polar surface area (TPSA) is 24.9 Å². The Balaban J connectivity index is 1.46. The SMILES string of the molecule is c1ccc2sc(CCCCNC3CC3)nc2c1. The van der Waals surface area contributed by atoms with Crippen molar-refractivity contribution < 1.29 is 0 Å². The maximum absolute atomic E-state index is 4.66. The summed E-state index contributed by atoms with van der Waals surface area (Å²) in [4.78, 5) is 4.66. The summed E-state index contributed by atoms with van der Waals surface area (Å²) in [5.41, 5.74) is 1.16. The van der Waals surface area contributed by atoms with Crippen molar-refractivity contribution in [3.8, 4) is 0 Å². The van der Waals surface area contributed by atoms with Crippen molar-refractivity contribution in [1.29, 1.82) is 0 Å². The number of hydrogen-bond donors (Lipinski definition) is 1. The van der Waals surface area contributed by atoms with E-state index in [1.807, 2.05) is 11.3 Å². The predicted molar refractivity (Wildman–Crippen MR) is 73.6 cm³/mol. The molecule has 90 valence electrons. The van der Waals surface area contributed by atoms with Gasteiger partial charge in [-0.15, -0.1) is 11.3 Å². The average molecular weight is 246 g/mol. The molecule has 3 heteroatoms. The molecule has 2 aromatic rings. The van der Waals surface area contributed by atoms with Crippen molar-refractivity contribution >= 4 is 21.6 Å². The van der Waals surface area contributed by atoms with E-state index in [1.54, 1.807) is 0 Å². The van der Waals surface area contributed by atoms with Crippen LogP contribution in [0.2, 0.25) is 0 Å². The minimum atomic E-state index is 0.845. The molecule has 0 atom stereocenters. The lowest BCUT2D eigenvalue weighted by Crippen LogP contribution is -2.17. The Bertz CT molecular complexity index is 455. The second kappa shape index (κ2) is 5.15. The van der Waals surface area contributed by atoms with E-state index in [9.17, 15) is 0 Å². The molecule has 3 rings (SSSR count). The largest absolute Gasteiger partial charge is 0.314 e. The van der Waals surface area contributed by atoms with Gasteiger partial charge in [0.2, 0.25) is 0 Å². The third kappa shape index (κ3) is 3.05. The highest BCUT2D eigenvalue weighted by molar-refractivity contribution is 7.18. The van der Waals surface area contributed by atoms with E-state index in [0.29, 0.717) is 0 Å². The Morgan fingerprint density at radius 2 is 2.12 bits per heavy atom. The maximum Gasteiger partial charge on any atom is 0.0938 e. The van der Waals surface area contributed by atoms with Crippen LogP contribution in [0, 0.1) is 0 Å². The van der Waals surface area contributed by atoms with Crippen molar-refractivity contribution in [3.05, 3.63) is 29.3 Å². The summed E-state index contributed by atoms with van der Waals surface area (Å²) in [5, 5.41) is 4.84. The van der Waals surface area contributed by atoms with Crippen molar-refractivity contribution in [2.75, 3.05) is 6.54 Å². The van der Waals surface area contributed by atoms with E-state index in [-0.39, 0.29) is 0 Å². The molecule has 1 aliphatic carbocycles. The van der Waals surface area contributed by atoms with Crippen LogP contribution in [0.1, 0.15) is 30.7 Å². The van der Waals surface area contributed by atoms with Gasteiger partial charge in [-0.25, -0.2) is 4.98 Å². The second-order valence-corrected chi connectivity index (χ2v) is 5.88. The molecule has 1 fully saturated rings. The summed E-state index contributed by atoms with van der Waals surface area (Å²) in [6.07, 6.45) is 6.42.